The molecule has 2 aromatic rings. The second kappa shape index (κ2) is 9.65. The fourth-order valence-electron chi connectivity index (χ4n) is 2.76. The molecule has 0 aromatic heterocycles. The molecule has 0 saturated carbocycles. The standard InChI is InChI=1S/C20H20N2O7/c23-19(21-15-3-1-4-16(11-15)22(25)26)13-29-20(24)14-6-8-17(9-7-14)28-12-18-5-2-10-27-18/h1,3-4,6-9,11,18H,2,5,10,12-13H2,(H,21,23)/t18-/m1/s1. The van der Waals surface area contributed by atoms with Gasteiger partial charge >= 0.3 is 5.97 Å². The fraction of sp³-hybridized carbons (Fsp3) is 0.300. The molecule has 1 fully saturated rings. The van der Waals surface area contributed by atoms with Crippen molar-refractivity contribution in [1.29, 1.82) is 0 Å². The van der Waals surface area contributed by atoms with Gasteiger partial charge in [-0.05, 0) is 43.2 Å². The third-order valence-electron chi connectivity index (χ3n) is 4.22. The van der Waals surface area contributed by atoms with Crippen LogP contribution in [0.1, 0.15) is 23.2 Å². The minimum atomic E-state index is -0.662. The lowest BCUT2D eigenvalue weighted by Crippen LogP contribution is -2.21. The smallest absolute Gasteiger partial charge is 0.338 e. The molecule has 1 aliphatic rings. The van der Waals surface area contributed by atoms with Crippen LogP contribution < -0.4 is 10.1 Å². The van der Waals surface area contributed by atoms with E-state index in [-0.39, 0.29) is 23.0 Å². The minimum absolute atomic E-state index is 0.101. The number of ether oxygens (including phenoxy) is 3. The molecule has 1 heterocycles. The molecule has 9 nitrogen and oxygen atoms in total. The van der Waals surface area contributed by atoms with Crippen molar-refractivity contribution in [2.24, 2.45) is 0 Å². The maximum absolute atomic E-state index is 12.1. The first-order valence-corrected chi connectivity index (χ1v) is 9.07. The van der Waals surface area contributed by atoms with Crippen LogP contribution in [0.2, 0.25) is 0 Å². The Kier molecular flexibility index (Phi) is 6.75. The van der Waals surface area contributed by atoms with E-state index in [1.54, 1.807) is 24.3 Å². The highest BCUT2D eigenvalue weighted by Gasteiger charge is 2.16. The van der Waals surface area contributed by atoms with E-state index < -0.39 is 23.4 Å². The first kappa shape index (κ1) is 20.3. The predicted octanol–water partition coefficient (Wildman–Crippen LogP) is 2.95. The number of nitro benzene ring substituents is 1. The summed E-state index contributed by atoms with van der Waals surface area (Å²) in [5.41, 5.74) is 0.368. The highest BCUT2D eigenvalue weighted by Crippen LogP contribution is 2.18. The summed E-state index contributed by atoms with van der Waals surface area (Å²) in [7, 11) is 0. The van der Waals surface area contributed by atoms with E-state index >= 15 is 0 Å². The molecule has 1 amide bonds. The summed E-state index contributed by atoms with van der Waals surface area (Å²) in [5, 5.41) is 13.2. The van der Waals surface area contributed by atoms with Crippen molar-refractivity contribution in [2.45, 2.75) is 18.9 Å². The second-order valence-corrected chi connectivity index (χ2v) is 6.40. The molecule has 0 spiro atoms. The van der Waals surface area contributed by atoms with E-state index in [4.69, 9.17) is 14.2 Å². The number of amides is 1. The van der Waals surface area contributed by atoms with E-state index in [9.17, 15) is 19.7 Å². The topological polar surface area (TPSA) is 117 Å². The van der Waals surface area contributed by atoms with Crippen LogP contribution >= 0.6 is 0 Å². The van der Waals surface area contributed by atoms with Crippen molar-refractivity contribution in [3.63, 3.8) is 0 Å². The Morgan fingerprint density at radius 1 is 1.21 bits per heavy atom. The van der Waals surface area contributed by atoms with Gasteiger partial charge in [-0.3, -0.25) is 14.9 Å². The van der Waals surface area contributed by atoms with E-state index in [1.165, 1.54) is 24.3 Å². The molecule has 1 N–H and O–H groups in total. The minimum Gasteiger partial charge on any atom is -0.491 e. The molecule has 0 radical (unpaired) electrons. The van der Waals surface area contributed by atoms with Crippen molar-refractivity contribution in [2.75, 3.05) is 25.1 Å². The van der Waals surface area contributed by atoms with Crippen LogP contribution in [-0.4, -0.2) is 42.7 Å². The number of nitro groups is 1. The van der Waals surface area contributed by atoms with Crippen LogP contribution in [0.3, 0.4) is 0 Å². The lowest BCUT2D eigenvalue weighted by molar-refractivity contribution is -0.384. The summed E-state index contributed by atoms with van der Waals surface area (Å²) in [6.07, 6.45) is 2.11. The molecular weight excluding hydrogens is 380 g/mol. The second-order valence-electron chi connectivity index (χ2n) is 6.40. The average molecular weight is 400 g/mol. The lowest BCUT2D eigenvalue weighted by Gasteiger charge is -2.11. The zero-order valence-electron chi connectivity index (χ0n) is 15.5. The monoisotopic (exact) mass is 400 g/mol. The van der Waals surface area contributed by atoms with Crippen LogP contribution in [0, 0.1) is 10.1 Å². The first-order valence-electron chi connectivity index (χ1n) is 9.07. The summed E-state index contributed by atoms with van der Waals surface area (Å²) in [4.78, 5) is 34.2. The summed E-state index contributed by atoms with van der Waals surface area (Å²) < 4.78 is 16.1. The number of carbonyl (C=O) groups is 2. The summed E-state index contributed by atoms with van der Waals surface area (Å²) in [6, 6.07) is 11.9. The van der Waals surface area contributed by atoms with Crippen molar-refractivity contribution in [3.05, 3.63) is 64.2 Å². The zero-order valence-corrected chi connectivity index (χ0v) is 15.5. The highest BCUT2D eigenvalue weighted by molar-refractivity contribution is 5.95. The van der Waals surface area contributed by atoms with Gasteiger partial charge < -0.3 is 19.5 Å². The molecule has 1 aliphatic heterocycles. The van der Waals surface area contributed by atoms with Gasteiger partial charge in [-0.1, -0.05) is 6.07 Å². The Bertz CT molecular complexity index is 877. The molecule has 0 aliphatic carbocycles. The Labute approximate surface area is 166 Å². The van der Waals surface area contributed by atoms with Gasteiger partial charge in [0.15, 0.2) is 6.61 Å². The van der Waals surface area contributed by atoms with Crippen LogP contribution in [0.15, 0.2) is 48.5 Å². The number of anilines is 1. The van der Waals surface area contributed by atoms with Crippen molar-refractivity contribution in [1.82, 2.24) is 0 Å². The number of hydrogen-bond acceptors (Lipinski definition) is 7. The maximum atomic E-state index is 12.1. The van der Waals surface area contributed by atoms with Crippen LogP contribution in [0.25, 0.3) is 0 Å². The third kappa shape index (κ3) is 6.01. The Morgan fingerprint density at radius 3 is 2.69 bits per heavy atom. The molecule has 1 atom stereocenters. The SMILES string of the molecule is O=C(COC(=O)c1ccc(OC[C@H]2CCCO2)cc1)Nc1cccc([N+](=O)[O-])c1. The fourth-order valence-corrected chi connectivity index (χ4v) is 2.76. The molecule has 3 rings (SSSR count). The highest BCUT2D eigenvalue weighted by atomic mass is 16.6. The first-order chi connectivity index (χ1) is 14.0. The van der Waals surface area contributed by atoms with Gasteiger partial charge in [0.25, 0.3) is 11.6 Å². The maximum Gasteiger partial charge on any atom is 0.338 e. The van der Waals surface area contributed by atoms with Gasteiger partial charge in [0.2, 0.25) is 0 Å². The third-order valence-corrected chi connectivity index (χ3v) is 4.22. The molecular formula is C20H20N2O7. The van der Waals surface area contributed by atoms with Crippen LogP contribution in [0.5, 0.6) is 5.75 Å². The Morgan fingerprint density at radius 2 is 2.00 bits per heavy atom. The number of esters is 1. The Hall–Kier alpha value is -3.46. The van der Waals surface area contributed by atoms with Crippen molar-refractivity contribution < 1.29 is 28.7 Å². The molecule has 152 valence electrons. The number of carbonyl (C=O) groups excluding carboxylic acids is 2. The van der Waals surface area contributed by atoms with E-state index in [0.717, 1.165) is 19.4 Å². The van der Waals surface area contributed by atoms with E-state index in [2.05, 4.69) is 5.32 Å². The lowest BCUT2D eigenvalue weighted by atomic mass is 10.2. The van der Waals surface area contributed by atoms with Crippen molar-refractivity contribution >= 4 is 23.3 Å². The summed E-state index contributed by atoms with van der Waals surface area (Å²) in [5.74, 6) is -0.652. The molecule has 0 unspecified atom stereocenters. The normalized spacial score (nSPS) is 15.5. The van der Waals surface area contributed by atoms with Crippen LogP contribution in [-0.2, 0) is 14.3 Å². The Balaban J connectivity index is 1.45. The zero-order chi connectivity index (χ0) is 20.6. The molecule has 2 aromatic carbocycles. The predicted molar refractivity (Wildman–Crippen MR) is 103 cm³/mol. The van der Waals surface area contributed by atoms with Gasteiger partial charge in [-0.15, -0.1) is 0 Å². The number of rotatable bonds is 8. The quantitative estimate of drug-likeness (QED) is 0.411. The van der Waals surface area contributed by atoms with Gasteiger partial charge in [-0.2, -0.15) is 0 Å². The van der Waals surface area contributed by atoms with Gasteiger partial charge in [0.05, 0.1) is 16.6 Å². The van der Waals surface area contributed by atoms with E-state index in [1.807, 2.05) is 0 Å². The van der Waals surface area contributed by atoms with Crippen molar-refractivity contribution in [3.8, 4) is 5.75 Å². The van der Waals surface area contributed by atoms with Gasteiger partial charge in [0.1, 0.15) is 12.4 Å². The van der Waals surface area contributed by atoms with Gasteiger partial charge in [-0.25, -0.2) is 4.79 Å². The number of hydrogen-bond donors (Lipinski definition) is 1. The largest absolute Gasteiger partial charge is 0.491 e. The van der Waals surface area contributed by atoms with Crippen LogP contribution in [0.4, 0.5) is 11.4 Å². The number of nitrogens with one attached hydrogen (secondary N) is 1. The molecule has 0 bridgehead atoms. The number of nitrogens with zero attached hydrogens (tertiary/aromatic N) is 1. The molecule has 29 heavy (non-hydrogen) atoms. The molecule has 9 heteroatoms. The van der Waals surface area contributed by atoms with Gasteiger partial charge in [0, 0.05) is 24.4 Å². The number of benzene rings is 2. The summed E-state index contributed by atoms with van der Waals surface area (Å²) >= 11 is 0. The average Bonchev–Trinajstić information content (AvgIpc) is 3.25. The number of non-ortho nitro benzene ring substituents is 1. The van der Waals surface area contributed by atoms with E-state index in [0.29, 0.717) is 12.4 Å². The molecule has 1 saturated heterocycles. The summed E-state index contributed by atoms with van der Waals surface area (Å²) in [6.45, 7) is 0.702.